The van der Waals surface area contributed by atoms with Crippen molar-refractivity contribution in [3.8, 4) is 5.75 Å². The first-order valence-corrected chi connectivity index (χ1v) is 9.74. The van der Waals surface area contributed by atoms with Crippen molar-refractivity contribution in [3.63, 3.8) is 0 Å². The summed E-state index contributed by atoms with van der Waals surface area (Å²) >= 11 is 5.79. The Hall–Kier alpha value is -2.96. The van der Waals surface area contributed by atoms with Gasteiger partial charge in [0.15, 0.2) is 5.78 Å². The van der Waals surface area contributed by atoms with Crippen molar-refractivity contribution in [1.29, 1.82) is 0 Å². The third-order valence-corrected chi connectivity index (χ3v) is 6.30. The number of ether oxygens (including phenoxy) is 1. The zero-order chi connectivity index (χ0) is 19.2. The summed E-state index contributed by atoms with van der Waals surface area (Å²) in [6, 6.07) is 16.1. The molecule has 0 bridgehead atoms. The van der Waals surface area contributed by atoms with Crippen LogP contribution >= 0.6 is 11.6 Å². The maximum Gasteiger partial charge on any atom is 0.343 e. The van der Waals surface area contributed by atoms with Crippen molar-refractivity contribution in [3.05, 3.63) is 88.4 Å². The number of benzene rings is 3. The topological polar surface area (TPSA) is 77.5 Å². The van der Waals surface area contributed by atoms with Crippen LogP contribution in [0.1, 0.15) is 26.3 Å². The monoisotopic (exact) mass is 398 g/mol. The molecule has 0 aliphatic carbocycles. The molecule has 3 aromatic rings. The average Bonchev–Trinajstić information content (AvgIpc) is 2.68. The number of esters is 1. The van der Waals surface area contributed by atoms with Gasteiger partial charge in [0, 0.05) is 16.1 Å². The van der Waals surface area contributed by atoms with E-state index in [-0.39, 0.29) is 32.2 Å². The van der Waals surface area contributed by atoms with E-state index in [1.165, 1.54) is 42.5 Å². The van der Waals surface area contributed by atoms with E-state index in [0.717, 1.165) is 0 Å². The predicted octanol–water partition coefficient (Wildman–Crippen LogP) is 3.94. The minimum atomic E-state index is -3.91. The number of carbonyl (C=O) groups is 2. The fourth-order valence-electron chi connectivity index (χ4n) is 2.88. The van der Waals surface area contributed by atoms with E-state index in [2.05, 4.69) is 0 Å². The molecule has 134 valence electrons. The van der Waals surface area contributed by atoms with E-state index < -0.39 is 21.6 Å². The quantitative estimate of drug-likeness (QED) is 0.377. The van der Waals surface area contributed by atoms with E-state index >= 15 is 0 Å². The second-order valence-corrected chi connectivity index (χ2v) is 8.21. The summed E-state index contributed by atoms with van der Waals surface area (Å²) in [6.07, 6.45) is 0. The van der Waals surface area contributed by atoms with Crippen LogP contribution in [0.5, 0.6) is 5.75 Å². The number of hydrogen-bond donors (Lipinski definition) is 0. The van der Waals surface area contributed by atoms with Crippen molar-refractivity contribution < 1.29 is 22.7 Å². The van der Waals surface area contributed by atoms with Gasteiger partial charge < -0.3 is 4.74 Å². The Kier molecular flexibility index (Phi) is 4.09. The van der Waals surface area contributed by atoms with Gasteiger partial charge in [-0.1, -0.05) is 23.7 Å². The summed E-state index contributed by atoms with van der Waals surface area (Å²) in [4.78, 5) is 24.7. The van der Waals surface area contributed by atoms with Crippen LogP contribution in [0.4, 0.5) is 0 Å². The Bertz CT molecular complexity index is 1200. The van der Waals surface area contributed by atoms with Crippen molar-refractivity contribution in [2.24, 2.45) is 0 Å². The Balaban J connectivity index is 1.75. The summed E-state index contributed by atoms with van der Waals surface area (Å²) in [5.74, 6) is -0.860. The highest BCUT2D eigenvalue weighted by Gasteiger charge is 2.35. The lowest BCUT2D eigenvalue weighted by Gasteiger charge is -2.19. The normalized spacial score (nSPS) is 14.2. The highest BCUT2D eigenvalue weighted by Crippen LogP contribution is 2.34. The van der Waals surface area contributed by atoms with Crippen molar-refractivity contribution in [1.82, 2.24) is 0 Å². The van der Waals surface area contributed by atoms with Crippen LogP contribution < -0.4 is 4.74 Å². The average molecular weight is 399 g/mol. The molecule has 0 aromatic heterocycles. The number of fused-ring (bicyclic) bond motifs is 2. The minimum Gasteiger partial charge on any atom is -0.423 e. The fourth-order valence-corrected chi connectivity index (χ4v) is 4.68. The lowest BCUT2D eigenvalue weighted by molar-refractivity contribution is 0.0734. The zero-order valence-corrected chi connectivity index (χ0v) is 15.3. The van der Waals surface area contributed by atoms with Crippen LogP contribution in [0.25, 0.3) is 0 Å². The molecule has 0 fully saturated rings. The summed E-state index contributed by atoms with van der Waals surface area (Å²) in [7, 11) is -3.91. The standard InChI is InChI=1S/C20H11ClO5S/c21-13-6-8-14(9-7-13)26-20(23)12-5-10-16-18(11-12)27(24,25)17-4-2-1-3-15(17)19(16)22/h1-11H. The smallest absolute Gasteiger partial charge is 0.343 e. The predicted molar refractivity (Wildman–Crippen MR) is 98.2 cm³/mol. The van der Waals surface area contributed by atoms with Crippen molar-refractivity contribution in [2.75, 3.05) is 0 Å². The molecule has 1 aliphatic rings. The van der Waals surface area contributed by atoms with Gasteiger partial charge in [0.1, 0.15) is 5.75 Å². The van der Waals surface area contributed by atoms with Gasteiger partial charge >= 0.3 is 5.97 Å². The third-order valence-electron chi connectivity index (χ3n) is 4.20. The van der Waals surface area contributed by atoms with Gasteiger partial charge in [-0.15, -0.1) is 0 Å². The largest absolute Gasteiger partial charge is 0.423 e. The highest BCUT2D eigenvalue weighted by atomic mass is 35.5. The number of carbonyl (C=O) groups excluding carboxylic acids is 2. The molecule has 0 spiro atoms. The molecule has 0 saturated carbocycles. The van der Waals surface area contributed by atoms with Crippen LogP contribution in [0.3, 0.4) is 0 Å². The second kappa shape index (κ2) is 6.33. The highest BCUT2D eigenvalue weighted by molar-refractivity contribution is 7.91. The molecule has 0 atom stereocenters. The first kappa shape index (κ1) is 17.5. The molecular formula is C20H11ClO5S. The van der Waals surface area contributed by atoms with Gasteiger partial charge in [-0.25, -0.2) is 13.2 Å². The molecule has 3 aromatic carbocycles. The van der Waals surface area contributed by atoms with E-state index in [0.29, 0.717) is 5.02 Å². The second-order valence-electron chi connectivity index (χ2n) is 5.88. The fraction of sp³-hybridized carbons (Fsp3) is 0. The number of halogens is 1. The van der Waals surface area contributed by atoms with E-state index in [1.54, 1.807) is 24.3 Å². The summed E-state index contributed by atoms with van der Waals surface area (Å²) in [5, 5.41) is 0.492. The van der Waals surface area contributed by atoms with Gasteiger partial charge in [-0.05, 0) is 54.6 Å². The van der Waals surface area contributed by atoms with Gasteiger partial charge in [-0.3, -0.25) is 4.79 Å². The maximum atomic E-state index is 12.9. The molecule has 0 amide bonds. The molecular weight excluding hydrogens is 388 g/mol. The molecule has 0 radical (unpaired) electrons. The van der Waals surface area contributed by atoms with Gasteiger partial charge in [-0.2, -0.15) is 0 Å². The first-order valence-electron chi connectivity index (χ1n) is 7.88. The number of hydrogen-bond acceptors (Lipinski definition) is 5. The van der Waals surface area contributed by atoms with Crippen LogP contribution in [0.2, 0.25) is 5.02 Å². The number of ketones is 1. The lowest BCUT2D eigenvalue weighted by Crippen LogP contribution is -2.21. The molecule has 0 N–H and O–H groups in total. The number of sulfone groups is 1. The van der Waals surface area contributed by atoms with Crippen molar-refractivity contribution in [2.45, 2.75) is 9.79 Å². The van der Waals surface area contributed by atoms with Crippen LogP contribution in [-0.4, -0.2) is 20.2 Å². The molecule has 0 saturated heterocycles. The summed E-state index contributed by atoms with van der Waals surface area (Å²) in [6.45, 7) is 0. The number of rotatable bonds is 2. The van der Waals surface area contributed by atoms with Crippen LogP contribution in [-0.2, 0) is 9.84 Å². The van der Waals surface area contributed by atoms with Crippen LogP contribution in [0, 0.1) is 0 Å². The van der Waals surface area contributed by atoms with Crippen LogP contribution in [0.15, 0.2) is 76.5 Å². The molecule has 1 aliphatic heterocycles. The molecule has 5 nitrogen and oxygen atoms in total. The zero-order valence-electron chi connectivity index (χ0n) is 13.7. The molecule has 1 heterocycles. The maximum absolute atomic E-state index is 12.9. The molecule has 7 heteroatoms. The SMILES string of the molecule is O=C(Oc1ccc(Cl)cc1)c1ccc2c(c1)S(=O)(=O)c1ccccc1C2=O. The summed E-state index contributed by atoms with van der Waals surface area (Å²) < 4.78 is 31.0. The molecule has 27 heavy (non-hydrogen) atoms. The van der Waals surface area contributed by atoms with Gasteiger partial charge in [0.2, 0.25) is 9.84 Å². The summed E-state index contributed by atoms with van der Waals surface area (Å²) in [5.41, 5.74) is 0.192. The van der Waals surface area contributed by atoms with E-state index in [4.69, 9.17) is 16.3 Å². The van der Waals surface area contributed by atoms with Crippen molar-refractivity contribution >= 4 is 33.2 Å². The Labute approximate surface area is 160 Å². The molecule has 0 unspecified atom stereocenters. The van der Waals surface area contributed by atoms with E-state index in [1.807, 2.05) is 0 Å². The first-order chi connectivity index (χ1) is 12.9. The third kappa shape index (κ3) is 2.93. The minimum absolute atomic E-state index is 0.0273. The van der Waals surface area contributed by atoms with E-state index in [9.17, 15) is 18.0 Å². The Morgan fingerprint density at radius 3 is 2.26 bits per heavy atom. The Morgan fingerprint density at radius 1 is 0.852 bits per heavy atom. The van der Waals surface area contributed by atoms with Gasteiger partial charge in [0.25, 0.3) is 0 Å². The Morgan fingerprint density at radius 2 is 1.52 bits per heavy atom. The van der Waals surface area contributed by atoms with Gasteiger partial charge in [0.05, 0.1) is 15.4 Å². The molecule has 4 rings (SSSR count). The lowest BCUT2D eigenvalue weighted by atomic mass is 10.0.